The number of nitrogens with one attached hydrogen (secondary N) is 1. The van der Waals surface area contributed by atoms with Crippen LogP contribution in [0, 0.1) is 0 Å². The molecule has 0 saturated carbocycles. The molecule has 0 spiro atoms. The lowest BCUT2D eigenvalue weighted by Crippen LogP contribution is -2.24. The molecule has 22 heavy (non-hydrogen) atoms. The van der Waals surface area contributed by atoms with Gasteiger partial charge in [0, 0.05) is 12.1 Å². The molecular weight excluding hydrogens is 298 g/mol. The van der Waals surface area contributed by atoms with Gasteiger partial charge >= 0.3 is 0 Å². The van der Waals surface area contributed by atoms with Crippen molar-refractivity contribution in [2.24, 2.45) is 0 Å². The van der Waals surface area contributed by atoms with E-state index in [1.54, 1.807) is 13.2 Å². The van der Waals surface area contributed by atoms with E-state index in [4.69, 9.17) is 4.74 Å². The first-order chi connectivity index (χ1) is 10.7. The summed E-state index contributed by atoms with van der Waals surface area (Å²) in [4.78, 5) is 11.5. The summed E-state index contributed by atoms with van der Waals surface area (Å²) in [6.45, 7) is 4.02. The number of thioether (sulfide) groups is 1. The number of hydrogen-bond donors (Lipinski definition) is 1. The molecule has 0 fully saturated rings. The molecule has 0 saturated heterocycles. The number of aromatic nitrogens is 2. The van der Waals surface area contributed by atoms with Gasteiger partial charge in [0.05, 0.1) is 18.6 Å². The van der Waals surface area contributed by atoms with Crippen LogP contribution in [-0.4, -0.2) is 35.5 Å². The summed E-state index contributed by atoms with van der Waals surface area (Å²) in [5, 5.41) is 11.7. The molecular formula is C16H17N3O2S. The largest absolute Gasteiger partial charge is 0.497 e. The first-order valence-corrected chi connectivity index (χ1v) is 7.70. The summed E-state index contributed by atoms with van der Waals surface area (Å²) in [7, 11) is 1.63. The van der Waals surface area contributed by atoms with E-state index in [0.29, 0.717) is 17.3 Å². The van der Waals surface area contributed by atoms with Gasteiger partial charge in [0.25, 0.3) is 0 Å². The molecule has 114 valence electrons. The van der Waals surface area contributed by atoms with Gasteiger partial charge in [0.15, 0.2) is 0 Å². The van der Waals surface area contributed by atoms with Crippen LogP contribution in [0.15, 0.2) is 54.1 Å². The summed E-state index contributed by atoms with van der Waals surface area (Å²) in [6.07, 6.45) is 1.64. The van der Waals surface area contributed by atoms with Crippen molar-refractivity contribution in [3.8, 4) is 17.0 Å². The fourth-order valence-corrected chi connectivity index (χ4v) is 2.35. The van der Waals surface area contributed by atoms with E-state index < -0.39 is 0 Å². The quantitative estimate of drug-likeness (QED) is 0.628. The van der Waals surface area contributed by atoms with Crippen LogP contribution in [0.4, 0.5) is 0 Å². The van der Waals surface area contributed by atoms with Gasteiger partial charge < -0.3 is 10.1 Å². The number of hydrogen-bond acceptors (Lipinski definition) is 5. The van der Waals surface area contributed by atoms with Gasteiger partial charge in [-0.1, -0.05) is 30.0 Å². The lowest BCUT2D eigenvalue weighted by Gasteiger charge is -2.05. The van der Waals surface area contributed by atoms with Crippen molar-refractivity contribution in [2.75, 3.05) is 19.4 Å². The van der Waals surface area contributed by atoms with E-state index >= 15 is 0 Å². The Morgan fingerprint density at radius 1 is 1.36 bits per heavy atom. The van der Waals surface area contributed by atoms with Gasteiger partial charge in [-0.2, -0.15) is 0 Å². The number of carbonyl (C=O) groups is 1. The molecule has 0 aliphatic heterocycles. The van der Waals surface area contributed by atoms with Crippen LogP contribution in [0.3, 0.4) is 0 Å². The Balaban J connectivity index is 1.98. The lowest BCUT2D eigenvalue weighted by atomic mass is 10.1. The number of rotatable bonds is 7. The lowest BCUT2D eigenvalue weighted by molar-refractivity contribution is -0.118. The Labute approximate surface area is 133 Å². The monoisotopic (exact) mass is 315 g/mol. The molecule has 0 atom stereocenters. The number of nitrogens with zero attached hydrogens (tertiary/aromatic N) is 2. The Kier molecular flexibility index (Phi) is 5.97. The van der Waals surface area contributed by atoms with Crippen molar-refractivity contribution in [1.29, 1.82) is 0 Å². The maximum absolute atomic E-state index is 11.5. The molecule has 0 bridgehead atoms. The van der Waals surface area contributed by atoms with Crippen LogP contribution in [0.2, 0.25) is 0 Å². The predicted molar refractivity (Wildman–Crippen MR) is 88.0 cm³/mol. The van der Waals surface area contributed by atoms with Crippen molar-refractivity contribution in [3.05, 3.63) is 49.1 Å². The smallest absolute Gasteiger partial charge is 0.230 e. The number of benzene rings is 1. The number of amides is 1. The highest BCUT2D eigenvalue weighted by atomic mass is 32.2. The van der Waals surface area contributed by atoms with Gasteiger partial charge in [0.2, 0.25) is 5.91 Å². The molecule has 1 heterocycles. The SMILES string of the molecule is C=CCNC(=O)CSc1ccc(-c2cccc(OC)c2)nn1. The number of ether oxygens (including phenoxy) is 1. The van der Waals surface area contributed by atoms with Crippen LogP contribution in [-0.2, 0) is 4.79 Å². The Morgan fingerprint density at radius 2 is 2.23 bits per heavy atom. The minimum Gasteiger partial charge on any atom is -0.497 e. The van der Waals surface area contributed by atoms with Crippen molar-refractivity contribution in [2.45, 2.75) is 5.03 Å². The fourth-order valence-electron chi connectivity index (χ4n) is 1.71. The summed E-state index contributed by atoms with van der Waals surface area (Å²) in [5.74, 6) is 1.03. The number of methoxy groups -OCH3 is 1. The molecule has 6 heteroatoms. The van der Waals surface area contributed by atoms with Crippen LogP contribution in [0.1, 0.15) is 0 Å². The molecule has 1 aromatic heterocycles. The minimum atomic E-state index is -0.0522. The summed E-state index contributed by atoms with van der Waals surface area (Å²) >= 11 is 1.35. The Morgan fingerprint density at radius 3 is 2.91 bits per heavy atom. The van der Waals surface area contributed by atoms with Crippen LogP contribution in [0.25, 0.3) is 11.3 Å². The number of carbonyl (C=O) groups excluding carboxylic acids is 1. The summed E-state index contributed by atoms with van der Waals surface area (Å²) < 4.78 is 5.19. The van der Waals surface area contributed by atoms with Crippen LogP contribution in [0.5, 0.6) is 5.75 Å². The summed E-state index contributed by atoms with van der Waals surface area (Å²) in [6, 6.07) is 11.4. The van der Waals surface area contributed by atoms with Gasteiger partial charge in [-0.05, 0) is 24.3 Å². The van der Waals surface area contributed by atoms with Gasteiger partial charge in [-0.25, -0.2) is 0 Å². The van der Waals surface area contributed by atoms with E-state index in [-0.39, 0.29) is 5.91 Å². The predicted octanol–water partition coefficient (Wildman–Crippen LogP) is 2.55. The van der Waals surface area contributed by atoms with Gasteiger partial charge in [-0.3, -0.25) is 4.79 Å². The van der Waals surface area contributed by atoms with Crippen LogP contribution < -0.4 is 10.1 Å². The molecule has 0 aliphatic rings. The molecule has 0 radical (unpaired) electrons. The molecule has 2 rings (SSSR count). The highest BCUT2D eigenvalue weighted by Gasteiger charge is 2.05. The molecule has 1 aromatic carbocycles. The molecule has 2 aromatic rings. The third kappa shape index (κ3) is 4.60. The maximum atomic E-state index is 11.5. The second-order valence-corrected chi connectivity index (χ2v) is 5.37. The highest BCUT2D eigenvalue weighted by molar-refractivity contribution is 7.99. The standard InChI is InChI=1S/C16H17N3O2S/c1-3-9-17-15(20)11-22-16-8-7-14(18-19-16)12-5-4-6-13(10-12)21-2/h3-8,10H,1,9,11H2,2H3,(H,17,20). The third-order valence-electron chi connectivity index (χ3n) is 2.80. The zero-order chi connectivity index (χ0) is 15.8. The topological polar surface area (TPSA) is 64.1 Å². The van der Waals surface area contributed by atoms with E-state index in [2.05, 4.69) is 22.1 Å². The average molecular weight is 315 g/mol. The normalized spacial score (nSPS) is 10.0. The first kappa shape index (κ1) is 16.0. The first-order valence-electron chi connectivity index (χ1n) is 6.71. The van der Waals surface area contributed by atoms with E-state index in [1.165, 1.54) is 11.8 Å². The summed E-state index contributed by atoms with van der Waals surface area (Å²) in [5.41, 5.74) is 1.70. The minimum absolute atomic E-state index is 0.0522. The van der Waals surface area contributed by atoms with Gasteiger partial charge in [0.1, 0.15) is 10.8 Å². The highest BCUT2D eigenvalue weighted by Crippen LogP contribution is 2.23. The van der Waals surface area contributed by atoms with Crippen LogP contribution >= 0.6 is 11.8 Å². The Bertz CT molecular complexity index is 644. The molecule has 0 unspecified atom stereocenters. The average Bonchev–Trinajstić information content (AvgIpc) is 2.58. The van der Waals surface area contributed by atoms with Crippen molar-refractivity contribution >= 4 is 17.7 Å². The maximum Gasteiger partial charge on any atom is 0.230 e. The van der Waals surface area contributed by atoms with Crippen molar-refractivity contribution in [3.63, 3.8) is 0 Å². The third-order valence-corrected chi connectivity index (χ3v) is 3.72. The molecule has 1 amide bonds. The van der Waals surface area contributed by atoms with Gasteiger partial charge in [-0.15, -0.1) is 16.8 Å². The van der Waals surface area contributed by atoms with Crippen molar-refractivity contribution < 1.29 is 9.53 Å². The van der Waals surface area contributed by atoms with E-state index in [0.717, 1.165) is 17.0 Å². The second-order valence-electron chi connectivity index (χ2n) is 4.37. The van der Waals surface area contributed by atoms with Crippen molar-refractivity contribution in [1.82, 2.24) is 15.5 Å². The molecule has 1 N–H and O–H groups in total. The van der Waals surface area contributed by atoms with E-state index in [9.17, 15) is 4.79 Å². The zero-order valence-electron chi connectivity index (χ0n) is 12.3. The fraction of sp³-hybridized carbons (Fsp3) is 0.188. The van der Waals surface area contributed by atoms with E-state index in [1.807, 2.05) is 36.4 Å². The zero-order valence-corrected chi connectivity index (χ0v) is 13.1. The Hall–Kier alpha value is -2.34. The second kappa shape index (κ2) is 8.19. The molecule has 5 nitrogen and oxygen atoms in total. The molecule has 0 aliphatic carbocycles.